The van der Waals surface area contributed by atoms with E-state index in [1.807, 2.05) is 6.92 Å². The summed E-state index contributed by atoms with van der Waals surface area (Å²) in [5, 5.41) is 2.80. The minimum absolute atomic E-state index is 0.0571. The summed E-state index contributed by atoms with van der Waals surface area (Å²) in [5.74, 6) is 1.39. The normalized spacial score (nSPS) is 12.0. The molecule has 0 aliphatic carbocycles. The molecule has 1 aliphatic heterocycles. The quantitative estimate of drug-likeness (QED) is 0.694. The van der Waals surface area contributed by atoms with Crippen molar-refractivity contribution in [1.82, 2.24) is 4.90 Å². The molecule has 0 bridgehead atoms. The second-order valence-corrected chi connectivity index (χ2v) is 6.35. The van der Waals surface area contributed by atoms with Crippen molar-refractivity contribution in [2.75, 3.05) is 38.2 Å². The van der Waals surface area contributed by atoms with Crippen LogP contribution in [0.4, 0.5) is 5.69 Å². The van der Waals surface area contributed by atoms with Crippen molar-refractivity contribution in [1.29, 1.82) is 0 Å². The average Bonchev–Trinajstić information content (AvgIpc) is 2.76. The Morgan fingerprint density at radius 3 is 2.55 bits per heavy atom. The van der Waals surface area contributed by atoms with Crippen LogP contribution in [0.2, 0.25) is 0 Å². The van der Waals surface area contributed by atoms with E-state index in [1.165, 1.54) is 4.90 Å². The molecule has 2 aromatic rings. The predicted molar refractivity (Wildman–Crippen MR) is 110 cm³/mol. The number of carbonyl (C=O) groups is 2. The fourth-order valence-electron chi connectivity index (χ4n) is 2.85. The van der Waals surface area contributed by atoms with E-state index in [0.717, 1.165) is 0 Å². The zero-order valence-corrected chi connectivity index (χ0v) is 16.3. The number of rotatable bonds is 8. The molecule has 0 atom stereocenters. The molecular formula is C22H24N2O5. The number of benzene rings is 2. The van der Waals surface area contributed by atoms with Crippen LogP contribution in [0, 0.1) is 0 Å². The van der Waals surface area contributed by atoms with Crippen LogP contribution in [-0.4, -0.2) is 49.6 Å². The van der Waals surface area contributed by atoms with Crippen LogP contribution < -0.4 is 19.5 Å². The Morgan fingerprint density at radius 2 is 1.86 bits per heavy atom. The molecule has 0 spiro atoms. The standard InChI is InChI=1S/C22H24N2O5/c1-3-11-27-18-8-5-16(6-9-18)22(26)24(4-2)15-21(25)23-17-7-10-19-20(14-17)29-13-12-28-19/h3,5-10,14H,1,4,11-13,15H2,2H3,(H,23,25). The van der Waals surface area contributed by atoms with E-state index >= 15 is 0 Å². The van der Waals surface area contributed by atoms with Crippen LogP contribution in [0.3, 0.4) is 0 Å². The number of anilines is 1. The Morgan fingerprint density at radius 1 is 1.14 bits per heavy atom. The Balaban J connectivity index is 1.60. The van der Waals surface area contributed by atoms with Crippen molar-refractivity contribution in [2.45, 2.75) is 6.92 Å². The lowest BCUT2D eigenvalue weighted by molar-refractivity contribution is -0.116. The summed E-state index contributed by atoms with van der Waals surface area (Å²) in [4.78, 5) is 26.7. The maximum absolute atomic E-state index is 12.7. The Hall–Kier alpha value is -3.48. The van der Waals surface area contributed by atoms with Gasteiger partial charge in [-0.2, -0.15) is 0 Å². The van der Waals surface area contributed by atoms with Crippen LogP contribution in [0.1, 0.15) is 17.3 Å². The molecule has 0 radical (unpaired) electrons. The van der Waals surface area contributed by atoms with Crippen molar-refractivity contribution in [3.8, 4) is 17.2 Å². The number of hydrogen-bond donors (Lipinski definition) is 1. The summed E-state index contributed by atoms with van der Waals surface area (Å²) in [6.45, 7) is 7.15. The summed E-state index contributed by atoms with van der Waals surface area (Å²) in [7, 11) is 0. The van der Waals surface area contributed by atoms with E-state index in [9.17, 15) is 9.59 Å². The molecule has 7 nitrogen and oxygen atoms in total. The van der Waals surface area contributed by atoms with Crippen LogP contribution in [0.15, 0.2) is 55.1 Å². The first kappa shape index (κ1) is 20.3. The molecule has 0 unspecified atom stereocenters. The highest BCUT2D eigenvalue weighted by Gasteiger charge is 2.18. The molecule has 0 saturated carbocycles. The van der Waals surface area contributed by atoms with Gasteiger partial charge >= 0.3 is 0 Å². The SMILES string of the molecule is C=CCOc1ccc(C(=O)N(CC)CC(=O)Nc2ccc3c(c2)OCCO3)cc1. The van der Waals surface area contributed by atoms with Gasteiger partial charge in [0, 0.05) is 23.9 Å². The van der Waals surface area contributed by atoms with E-state index in [-0.39, 0.29) is 18.4 Å². The molecule has 29 heavy (non-hydrogen) atoms. The number of nitrogens with one attached hydrogen (secondary N) is 1. The fraction of sp³-hybridized carbons (Fsp3) is 0.273. The third-order valence-corrected chi connectivity index (χ3v) is 4.30. The summed E-state index contributed by atoms with van der Waals surface area (Å²) in [6.07, 6.45) is 1.65. The topological polar surface area (TPSA) is 77.1 Å². The van der Waals surface area contributed by atoms with Gasteiger partial charge in [-0.05, 0) is 43.3 Å². The number of nitrogens with zero attached hydrogens (tertiary/aromatic N) is 1. The van der Waals surface area contributed by atoms with Crippen LogP contribution in [0.5, 0.6) is 17.2 Å². The summed E-state index contributed by atoms with van der Waals surface area (Å²) < 4.78 is 16.4. The molecule has 2 aromatic carbocycles. The molecule has 1 N–H and O–H groups in total. The second kappa shape index (κ2) is 9.64. The highest BCUT2D eigenvalue weighted by molar-refractivity contribution is 5.99. The van der Waals surface area contributed by atoms with Gasteiger partial charge in [0.25, 0.3) is 5.91 Å². The smallest absolute Gasteiger partial charge is 0.254 e. The fourth-order valence-corrected chi connectivity index (χ4v) is 2.85. The first-order valence-corrected chi connectivity index (χ1v) is 9.43. The third kappa shape index (κ3) is 5.28. The van der Waals surface area contributed by atoms with Crippen LogP contribution in [-0.2, 0) is 4.79 Å². The Kier molecular flexibility index (Phi) is 6.73. The minimum atomic E-state index is -0.289. The second-order valence-electron chi connectivity index (χ2n) is 6.35. The van der Waals surface area contributed by atoms with Gasteiger partial charge in [-0.3, -0.25) is 9.59 Å². The zero-order chi connectivity index (χ0) is 20.6. The summed E-state index contributed by atoms with van der Waals surface area (Å²) in [6, 6.07) is 12.0. The number of amides is 2. The van der Waals surface area contributed by atoms with Gasteiger partial charge in [0.05, 0.1) is 0 Å². The van der Waals surface area contributed by atoms with Gasteiger partial charge in [0.1, 0.15) is 32.1 Å². The lowest BCUT2D eigenvalue weighted by Gasteiger charge is -2.21. The molecule has 3 rings (SSSR count). The van der Waals surface area contributed by atoms with Crippen molar-refractivity contribution in [3.05, 3.63) is 60.7 Å². The Labute approximate surface area is 169 Å². The molecular weight excluding hydrogens is 372 g/mol. The average molecular weight is 396 g/mol. The number of likely N-dealkylation sites (N-methyl/N-ethyl adjacent to an activating group) is 1. The number of carbonyl (C=O) groups excluding carboxylic acids is 2. The highest BCUT2D eigenvalue weighted by Crippen LogP contribution is 2.32. The predicted octanol–water partition coefficient (Wildman–Crippen LogP) is 3.12. The molecule has 152 valence electrons. The summed E-state index contributed by atoms with van der Waals surface area (Å²) >= 11 is 0. The lowest BCUT2D eigenvalue weighted by Crippen LogP contribution is -2.37. The zero-order valence-electron chi connectivity index (χ0n) is 16.3. The first-order chi connectivity index (χ1) is 14.1. The van der Waals surface area contributed by atoms with Gasteiger partial charge in [-0.25, -0.2) is 0 Å². The molecule has 1 heterocycles. The van der Waals surface area contributed by atoms with Crippen molar-refractivity contribution < 1.29 is 23.8 Å². The van der Waals surface area contributed by atoms with Crippen molar-refractivity contribution >= 4 is 17.5 Å². The van der Waals surface area contributed by atoms with Gasteiger partial charge in [-0.15, -0.1) is 0 Å². The van der Waals surface area contributed by atoms with Crippen LogP contribution >= 0.6 is 0 Å². The van der Waals surface area contributed by atoms with E-state index < -0.39 is 0 Å². The Bertz CT molecular complexity index is 879. The van der Waals surface area contributed by atoms with Gasteiger partial charge in [0.2, 0.25) is 5.91 Å². The number of ether oxygens (including phenoxy) is 3. The largest absolute Gasteiger partial charge is 0.490 e. The van der Waals surface area contributed by atoms with E-state index in [1.54, 1.807) is 48.5 Å². The first-order valence-electron chi connectivity index (χ1n) is 9.43. The van der Waals surface area contributed by atoms with E-state index in [0.29, 0.717) is 54.9 Å². The maximum Gasteiger partial charge on any atom is 0.254 e. The third-order valence-electron chi connectivity index (χ3n) is 4.30. The van der Waals surface area contributed by atoms with Gasteiger partial charge < -0.3 is 24.4 Å². The molecule has 0 aromatic heterocycles. The molecule has 0 fully saturated rings. The highest BCUT2D eigenvalue weighted by atomic mass is 16.6. The molecule has 7 heteroatoms. The monoisotopic (exact) mass is 396 g/mol. The van der Waals surface area contributed by atoms with Crippen LogP contribution in [0.25, 0.3) is 0 Å². The number of fused-ring (bicyclic) bond motifs is 1. The van der Waals surface area contributed by atoms with E-state index in [4.69, 9.17) is 14.2 Å². The lowest BCUT2D eigenvalue weighted by atomic mass is 10.2. The minimum Gasteiger partial charge on any atom is -0.490 e. The maximum atomic E-state index is 12.7. The summed E-state index contributed by atoms with van der Waals surface area (Å²) in [5.41, 5.74) is 1.08. The van der Waals surface area contributed by atoms with Crippen molar-refractivity contribution in [2.24, 2.45) is 0 Å². The van der Waals surface area contributed by atoms with Gasteiger partial charge in [0.15, 0.2) is 11.5 Å². The molecule has 2 amide bonds. The van der Waals surface area contributed by atoms with Crippen molar-refractivity contribution in [3.63, 3.8) is 0 Å². The van der Waals surface area contributed by atoms with E-state index in [2.05, 4.69) is 11.9 Å². The van der Waals surface area contributed by atoms with Gasteiger partial charge in [-0.1, -0.05) is 12.7 Å². The number of hydrogen-bond acceptors (Lipinski definition) is 5. The molecule has 1 aliphatic rings. The molecule has 0 saturated heterocycles.